The molecule has 0 saturated carbocycles. The number of benzene rings is 3. The fourth-order valence-corrected chi connectivity index (χ4v) is 4.03. The molecule has 0 radical (unpaired) electrons. The van der Waals surface area contributed by atoms with Crippen LogP contribution in [0.1, 0.15) is 0 Å². The smallest absolute Gasteiger partial charge is 0.262 e. The van der Waals surface area contributed by atoms with Crippen LogP contribution in [-0.2, 0) is 14.8 Å². The highest BCUT2D eigenvalue weighted by molar-refractivity contribution is 7.92. The van der Waals surface area contributed by atoms with Gasteiger partial charge in [0.15, 0.2) is 6.61 Å². The van der Waals surface area contributed by atoms with E-state index in [-0.39, 0.29) is 22.9 Å². The molecule has 0 aliphatic heterocycles. The Labute approximate surface area is 195 Å². The minimum Gasteiger partial charge on any atom is -0.495 e. The number of nitrogens with one attached hydrogen (secondary N) is 2. The second kappa shape index (κ2) is 10.4. The van der Waals surface area contributed by atoms with Gasteiger partial charge in [0.05, 0.1) is 29.8 Å². The van der Waals surface area contributed by atoms with E-state index < -0.39 is 21.7 Å². The molecule has 174 valence electrons. The maximum atomic E-state index is 13.0. The number of hydrogen-bond donors (Lipinski definition) is 2. The quantitative estimate of drug-likeness (QED) is 0.459. The highest BCUT2D eigenvalue weighted by Gasteiger charge is 2.16. The molecule has 33 heavy (non-hydrogen) atoms. The molecule has 0 spiro atoms. The van der Waals surface area contributed by atoms with E-state index in [2.05, 4.69) is 10.0 Å². The van der Waals surface area contributed by atoms with Gasteiger partial charge in [0.2, 0.25) is 0 Å². The molecule has 3 aromatic rings. The Morgan fingerprint density at radius 3 is 2.21 bits per heavy atom. The van der Waals surface area contributed by atoms with E-state index in [9.17, 15) is 17.6 Å². The van der Waals surface area contributed by atoms with E-state index in [0.717, 1.165) is 12.1 Å². The molecule has 0 fully saturated rings. The molecular formula is C22H20ClFN2O6S. The standard InChI is InChI=1S/C22H20ClFN2O6S/c1-30-20-12-19(21(31-2)11-18(20)23)25-22(27)13-32-16-7-9-17(10-8-16)33(28,29)26-15-5-3-14(24)4-6-15/h3-12,26H,13H2,1-2H3,(H,25,27). The molecule has 0 unspecified atom stereocenters. The van der Waals surface area contributed by atoms with Gasteiger partial charge in [0.25, 0.3) is 15.9 Å². The maximum Gasteiger partial charge on any atom is 0.262 e. The lowest BCUT2D eigenvalue weighted by Crippen LogP contribution is -2.20. The third kappa shape index (κ3) is 6.27. The second-order valence-corrected chi connectivity index (χ2v) is 8.70. The number of ether oxygens (including phenoxy) is 3. The number of halogens is 2. The van der Waals surface area contributed by atoms with Crippen LogP contribution >= 0.6 is 11.6 Å². The highest BCUT2D eigenvalue weighted by atomic mass is 35.5. The van der Waals surface area contributed by atoms with Gasteiger partial charge in [-0.15, -0.1) is 0 Å². The summed E-state index contributed by atoms with van der Waals surface area (Å²) < 4.78 is 56.0. The summed E-state index contributed by atoms with van der Waals surface area (Å²) in [5, 5.41) is 2.97. The second-order valence-electron chi connectivity index (χ2n) is 6.61. The largest absolute Gasteiger partial charge is 0.495 e. The van der Waals surface area contributed by atoms with Crippen molar-refractivity contribution in [3.63, 3.8) is 0 Å². The monoisotopic (exact) mass is 494 g/mol. The first-order valence-corrected chi connectivity index (χ1v) is 11.3. The summed E-state index contributed by atoms with van der Waals surface area (Å²) in [6.45, 7) is -0.339. The van der Waals surface area contributed by atoms with E-state index in [1.165, 1.54) is 62.8 Å². The summed E-state index contributed by atoms with van der Waals surface area (Å²) in [5.74, 6) is 0.0353. The first-order valence-electron chi connectivity index (χ1n) is 9.44. The lowest BCUT2D eigenvalue weighted by molar-refractivity contribution is -0.118. The van der Waals surface area contributed by atoms with Crippen LogP contribution in [0.2, 0.25) is 5.02 Å². The molecule has 0 saturated heterocycles. The summed E-state index contributed by atoms with van der Waals surface area (Å²) in [5.41, 5.74) is 0.573. The Morgan fingerprint density at radius 2 is 1.61 bits per heavy atom. The Morgan fingerprint density at radius 1 is 0.970 bits per heavy atom. The number of carbonyl (C=O) groups is 1. The first-order chi connectivity index (χ1) is 15.7. The minimum absolute atomic E-state index is 0.0263. The van der Waals surface area contributed by atoms with Crippen molar-refractivity contribution >= 4 is 38.9 Å². The van der Waals surface area contributed by atoms with Gasteiger partial charge in [0.1, 0.15) is 23.1 Å². The van der Waals surface area contributed by atoms with Crippen molar-refractivity contribution in [1.29, 1.82) is 0 Å². The average Bonchev–Trinajstić information content (AvgIpc) is 2.80. The van der Waals surface area contributed by atoms with Gasteiger partial charge in [-0.1, -0.05) is 11.6 Å². The van der Waals surface area contributed by atoms with Crippen LogP contribution in [0.25, 0.3) is 0 Å². The molecule has 1 amide bonds. The third-order valence-corrected chi connectivity index (χ3v) is 6.04. The zero-order chi connectivity index (χ0) is 24.0. The Bertz CT molecular complexity index is 1230. The van der Waals surface area contributed by atoms with Gasteiger partial charge in [0, 0.05) is 17.8 Å². The molecule has 0 atom stereocenters. The van der Waals surface area contributed by atoms with E-state index in [1.807, 2.05) is 0 Å². The molecular weight excluding hydrogens is 475 g/mol. The summed E-state index contributed by atoms with van der Waals surface area (Å²) in [4.78, 5) is 12.3. The van der Waals surface area contributed by atoms with Crippen LogP contribution in [0.3, 0.4) is 0 Å². The van der Waals surface area contributed by atoms with Crippen molar-refractivity contribution in [3.05, 3.63) is 71.5 Å². The average molecular weight is 495 g/mol. The first kappa shape index (κ1) is 24.1. The number of rotatable bonds is 9. The number of hydrogen-bond acceptors (Lipinski definition) is 6. The van der Waals surface area contributed by atoms with Gasteiger partial charge in [-0.05, 0) is 48.5 Å². The molecule has 8 nitrogen and oxygen atoms in total. The van der Waals surface area contributed by atoms with Crippen LogP contribution in [0.4, 0.5) is 15.8 Å². The predicted molar refractivity (Wildman–Crippen MR) is 122 cm³/mol. The van der Waals surface area contributed by atoms with Gasteiger partial charge >= 0.3 is 0 Å². The molecule has 0 heterocycles. The molecule has 0 aromatic heterocycles. The van der Waals surface area contributed by atoms with Gasteiger partial charge in [-0.25, -0.2) is 12.8 Å². The summed E-state index contributed by atoms with van der Waals surface area (Å²) in [7, 11) is -0.995. The van der Waals surface area contributed by atoms with Gasteiger partial charge < -0.3 is 19.5 Å². The van der Waals surface area contributed by atoms with Crippen LogP contribution in [-0.4, -0.2) is 35.2 Å². The highest BCUT2D eigenvalue weighted by Crippen LogP contribution is 2.35. The predicted octanol–water partition coefficient (Wildman–Crippen LogP) is 4.31. The zero-order valence-electron chi connectivity index (χ0n) is 17.6. The molecule has 0 aliphatic carbocycles. The van der Waals surface area contributed by atoms with Crippen molar-refractivity contribution in [2.24, 2.45) is 0 Å². The SMILES string of the molecule is COc1cc(NC(=O)COc2ccc(S(=O)(=O)Nc3ccc(F)cc3)cc2)c(OC)cc1Cl. The lowest BCUT2D eigenvalue weighted by Gasteiger charge is -2.13. The molecule has 2 N–H and O–H groups in total. The number of methoxy groups -OCH3 is 2. The van der Waals surface area contributed by atoms with Crippen LogP contribution < -0.4 is 24.2 Å². The van der Waals surface area contributed by atoms with E-state index in [4.69, 9.17) is 25.8 Å². The van der Waals surface area contributed by atoms with E-state index in [1.54, 1.807) is 0 Å². The Kier molecular flexibility index (Phi) is 7.62. The fraction of sp³-hybridized carbons (Fsp3) is 0.136. The summed E-state index contributed by atoms with van der Waals surface area (Å²) in [6.07, 6.45) is 0. The summed E-state index contributed by atoms with van der Waals surface area (Å²) >= 11 is 6.05. The van der Waals surface area contributed by atoms with Gasteiger partial charge in [-0.2, -0.15) is 0 Å². The minimum atomic E-state index is -3.88. The molecule has 0 bridgehead atoms. The van der Waals surface area contributed by atoms with Crippen molar-refractivity contribution in [1.82, 2.24) is 0 Å². The van der Waals surface area contributed by atoms with Crippen LogP contribution in [0, 0.1) is 5.82 Å². The molecule has 11 heteroatoms. The van der Waals surface area contributed by atoms with E-state index in [0.29, 0.717) is 22.2 Å². The number of carbonyl (C=O) groups excluding carboxylic acids is 1. The lowest BCUT2D eigenvalue weighted by atomic mass is 10.2. The molecule has 0 aliphatic rings. The third-order valence-electron chi connectivity index (χ3n) is 4.35. The topological polar surface area (TPSA) is 103 Å². The fourth-order valence-electron chi connectivity index (χ4n) is 2.74. The van der Waals surface area contributed by atoms with E-state index >= 15 is 0 Å². The van der Waals surface area contributed by atoms with Crippen molar-refractivity contribution in [2.75, 3.05) is 30.9 Å². The van der Waals surface area contributed by atoms with Crippen LogP contribution in [0.15, 0.2) is 65.6 Å². The molecule has 3 rings (SSSR count). The van der Waals surface area contributed by atoms with Crippen molar-refractivity contribution in [3.8, 4) is 17.2 Å². The Hall–Kier alpha value is -3.50. The maximum absolute atomic E-state index is 13.0. The Balaban J connectivity index is 1.61. The van der Waals surface area contributed by atoms with Crippen LogP contribution in [0.5, 0.6) is 17.2 Å². The van der Waals surface area contributed by atoms with Crippen molar-refractivity contribution in [2.45, 2.75) is 4.90 Å². The number of sulfonamides is 1. The zero-order valence-corrected chi connectivity index (χ0v) is 19.2. The normalized spacial score (nSPS) is 10.9. The van der Waals surface area contributed by atoms with Gasteiger partial charge in [-0.3, -0.25) is 9.52 Å². The number of anilines is 2. The molecule has 3 aromatic carbocycles. The summed E-state index contributed by atoms with van der Waals surface area (Å²) in [6, 6.07) is 13.4. The van der Waals surface area contributed by atoms with Crippen molar-refractivity contribution < 1.29 is 31.8 Å². The number of amides is 1.